The van der Waals surface area contributed by atoms with E-state index in [0.29, 0.717) is 40.3 Å². The standard InChI is InChI=1S/C20H21NO4/c1-4-10-25-17-7-5-6-14-19(17)21-12-15(20(14)22)13-8-9-16(23-2)18(11-13)24-3/h5-9,11-12H,4,10H2,1-3H3,(H,21,22). The van der Waals surface area contributed by atoms with Crippen molar-refractivity contribution in [1.82, 2.24) is 4.98 Å². The number of para-hydroxylation sites is 1. The Balaban J connectivity index is 2.13. The number of aromatic nitrogens is 1. The average molecular weight is 339 g/mol. The first-order chi connectivity index (χ1) is 12.2. The molecule has 0 saturated carbocycles. The van der Waals surface area contributed by atoms with Crippen molar-refractivity contribution in [1.29, 1.82) is 0 Å². The van der Waals surface area contributed by atoms with E-state index in [2.05, 4.69) is 4.98 Å². The Morgan fingerprint density at radius 1 is 1.00 bits per heavy atom. The highest BCUT2D eigenvalue weighted by atomic mass is 16.5. The van der Waals surface area contributed by atoms with Crippen LogP contribution in [0.15, 0.2) is 47.4 Å². The molecule has 3 rings (SSSR count). The zero-order valence-electron chi connectivity index (χ0n) is 14.6. The third-order valence-corrected chi connectivity index (χ3v) is 4.03. The SMILES string of the molecule is CCCOc1cccc2c(=O)c(-c3ccc(OC)c(OC)c3)c[nH]c12. The van der Waals surface area contributed by atoms with Gasteiger partial charge in [0, 0.05) is 17.1 Å². The molecule has 1 aromatic heterocycles. The molecule has 1 heterocycles. The van der Waals surface area contributed by atoms with Gasteiger partial charge in [-0.05, 0) is 36.2 Å². The molecule has 0 radical (unpaired) electrons. The lowest BCUT2D eigenvalue weighted by molar-refractivity contribution is 0.320. The van der Waals surface area contributed by atoms with Crippen molar-refractivity contribution in [3.8, 4) is 28.4 Å². The summed E-state index contributed by atoms with van der Waals surface area (Å²) in [6, 6.07) is 10.9. The number of pyridine rings is 1. The molecule has 0 atom stereocenters. The van der Waals surface area contributed by atoms with E-state index in [1.165, 1.54) is 0 Å². The van der Waals surface area contributed by atoms with Crippen LogP contribution in [0, 0.1) is 0 Å². The molecule has 0 unspecified atom stereocenters. The van der Waals surface area contributed by atoms with E-state index in [-0.39, 0.29) is 5.43 Å². The summed E-state index contributed by atoms with van der Waals surface area (Å²) in [5, 5.41) is 0.598. The largest absolute Gasteiger partial charge is 0.493 e. The van der Waals surface area contributed by atoms with Crippen LogP contribution >= 0.6 is 0 Å². The topological polar surface area (TPSA) is 60.6 Å². The van der Waals surface area contributed by atoms with Crippen LogP contribution in [0.5, 0.6) is 17.2 Å². The van der Waals surface area contributed by atoms with Gasteiger partial charge in [0.1, 0.15) is 5.75 Å². The van der Waals surface area contributed by atoms with Gasteiger partial charge >= 0.3 is 0 Å². The zero-order valence-corrected chi connectivity index (χ0v) is 14.6. The summed E-state index contributed by atoms with van der Waals surface area (Å²) in [6.45, 7) is 2.65. The number of ether oxygens (including phenoxy) is 3. The lowest BCUT2D eigenvalue weighted by atomic mass is 10.0. The molecule has 0 bridgehead atoms. The molecule has 0 fully saturated rings. The van der Waals surface area contributed by atoms with E-state index in [0.717, 1.165) is 12.0 Å². The predicted molar refractivity (Wildman–Crippen MR) is 98.9 cm³/mol. The fraction of sp³-hybridized carbons (Fsp3) is 0.250. The van der Waals surface area contributed by atoms with Gasteiger partial charge < -0.3 is 19.2 Å². The van der Waals surface area contributed by atoms with Gasteiger partial charge in [0.2, 0.25) is 0 Å². The molecular formula is C20H21NO4. The third-order valence-electron chi connectivity index (χ3n) is 4.03. The van der Waals surface area contributed by atoms with Crippen LogP contribution in [-0.2, 0) is 0 Å². The molecule has 1 N–H and O–H groups in total. The summed E-state index contributed by atoms with van der Waals surface area (Å²) in [6.07, 6.45) is 2.62. The van der Waals surface area contributed by atoms with Gasteiger partial charge in [-0.2, -0.15) is 0 Å². The highest BCUT2D eigenvalue weighted by molar-refractivity contribution is 5.88. The Kier molecular flexibility index (Phi) is 4.93. The van der Waals surface area contributed by atoms with Crippen LogP contribution in [0.3, 0.4) is 0 Å². The maximum absolute atomic E-state index is 13.0. The number of nitrogens with one attached hydrogen (secondary N) is 1. The normalized spacial score (nSPS) is 10.7. The molecule has 25 heavy (non-hydrogen) atoms. The molecule has 0 aliphatic heterocycles. The van der Waals surface area contributed by atoms with Crippen molar-refractivity contribution in [2.75, 3.05) is 20.8 Å². The van der Waals surface area contributed by atoms with Crippen LogP contribution in [0.25, 0.3) is 22.0 Å². The van der Waals surface area contributed by atoms with E-state index >= 15 is 0 Å². The van der Waals surface area contributed by atoms with E-state index in [1.54, 1.807) is 38.6 Å². The molecule has 0 saturated heterocycles. The lowest BCUT2D eigenvalue weighted by Gasteiger charge is -2.11. The van der Waals surface area contributed by atoms with Gasteiger partial charge in [-0.3, -0.25) is 4.79 Å². The average Bonchev–Trinajstić information content (AvgIpc) is 2.66. The van der Waals surface area contributed by atoms with Crippen LogP contribution in [0.4, 0.5) is 0 Å². The number of aromatic amines is 1. The van der Waals surface area contributed by atoms with Gasteiger partial charge in [-0.25, -0.2) is 0 Å². The molecule has 5 heteroatoms. The Morgan fingerprint density at radius 2 is 1.80 bits per heavy atom. The molecule has 130 valence electrons. The van der Waals surface area contributed by atoms with Gasteiger partial charge in [-0.1, -0.05) is 19.1 Å². The van der Waals surface area contributed by atoms with E-state index < -0.39 is 0 Å². The fourth-order valence-electron chi connectivity index (χ4n) is 2.77. The number of fused-ring (bicyclic) bond motifs is 1. The van der Waals surface area contributed by atoms with E-state index in [1.807, 2.05) is 25.1 Å². The minimum atomic E-state index is -0.0529. The fourth-order valence-corrected chi connectivity index (χ4v) is 2.77. The molecule has 0 spiro atoms. The number of hydrogen-bond donors (Lipinski definition) is 1. The minimum Gasteiger partial charge on any atom is -0.493 e. The number of methoxy groups -OCH3 is 2. The second kappa shape index (κ2) is 7.30. The Labute approximate surface area is 146 Å². The van der Waals surface area contributed by atoms with Crippen molar-refractivity contribution in [3.05, 3.63) is 52.8 Å². The highest BCUT2D eigenvalue weighted by Gasteiger charge is 2.13. The monoisotopic (exact) mass is 339 g/mol. The molecule has 0 aliphatic rings. The first-order valence-corrected chi connectivity index (χ1v) is 8.19. The number of benzene rings is 2. The van der Waals surface area contributed by atoms with Gasteiger partial charge in [0.05, 0.1) is 26.3 Å². The Hall–Kier alpha value is -2.95. The van der Waals surface area contributed by atoms with Crippen molar-refractivity contribution in [2.45, 2.75) is 13.3 Å². The predicted octanol–water partition coefficient (Wildman–Crippen LogP) is 4.00. The molecule has 3 aromatic rings. The molecule has 5 nitrogen and oxygen atoms in total. The summed E-state index contributed by atoms with van der Waals surface area (Å²) < 4.78 is 16.3. The second-order valence-electron chi connectivity index (χ2n) is 5.63. The van der Waals surface area contributed by atoms with Gasteiger partial charge in [0.15, 0.2) is 16.9 Å². The first-order valence-electron chi connectivity index (χ1n) is 8.19. The zero-order chi connectivity index (χ0) is 17.8. The highest BCUT2D eigenvalue weighted by Crippen LogP contribution is 2.32. The van der Waals surface area contributed by atoms with Crippen molar-refractivity contribution >= 4 is 10.9 Å². The maximum Gasteiger partial charge on any atom is 0.197 e. The molecular weight excluding hydrogens is 318 g/mol. The van der Waals surface area contributed by atoms with Crippen molar-refractivity contribution in [3.63, 3.8) is 0 Å². The number of hydrogen-bond acceptors (Lipinski definition) is 4. The van der Waals surface area contributed by atoms with Crippen molar-refractivity contribution in [2.24, 2.45) is 0 Å². The first kappa shape index (κ1) is 16.9. The quantitative estimate of drug-likeness (QED) is 0.737. The summed E-state index contributed by atoms with van der Waals surface area (Å²) in [5.74, 6) is 1.90. The summed E-state index contributed by atoms with van der Waals surface area (Å²) in [5.41, 5.74) is 2.00. The third kappa shape index (κ3) is 3.18. The molecule has 0 amide bonds. The number of H-pyrrole nitrogens is 1. The second-order valence-corrected chi connectivity index (χ2v) is 5.63. The van der Waals surface area contributed by atoms with Crippen LogP contribution < -0.4 is 19.6 Å². The smallest absolute Gasteiger partial charge is 0.197 e. The maximum atomic E-state index is 13.0. The summed E-state index contributed by atoms with van der Waals surface area (Å²) in [4.78, 5) is 16.2. The minimum absolute atomic E-state index is 0.0529. The molecule has 2 aromatic carbocycles. The Bertz CT molecular complexity index is 946. The van der Waals surface area contributed by atoms with Crippen LogP contribution in [-0.4, -0.2) is 25.8 Å². The van der Waals surface area contributed by atoms with Crippen molar-refractivity contribution < 1.29 is 14.2 Å². The Morgan fingerprint density at radius 3 is 2.52 bits per heavy atom. The van der Waals surface area contributed by atoms with Gasteiger partial charge in [-0.15, -0.1) is 0 Å². The van der Waals surface area contributed by atoms with Gasteiger partial charge in [0.25, 0.3) is 0 Å². The van der Waals surface area contributed by atoms with Crippen LogP contribution in [0.2, 0.25) is 0 Å². The number of rotatable bonds is 6. The summed E-state index contributed by atoms with van der Waals surface area (Å²) in [7, 11) is 3.15. The summed E-state index contributed by atoms with van der Waals surface area (Å²) >= 11 is 0. The lowest BCUT2D eigenvalue weighted by Crippen LogP contribution is -2.08. The van der Waals surface area contributed by atoms with E-state index in [9.17, 15) is 4.79 Å². The van der Waals surface area contributed by atoms with Crippen LogP contribution in [0.1, 0.15) is 13.3 Å². The van der Waals surface area contributed by atoms with E-state index in [4.69, 9.17) is 14.2 Å². The molecule has 0 aliphatic carbocycles.